The van der Waals surface area contributed by atoms with Crippen LogP contribution in [-0.4, -0.2) is 42.2 Å². The average molecular weight is 548 g/mol. The molecule has 3 aliphatic heterocycles. The number of hydrogen-bond acceptors (Lipinski definition) is 9. The predicted molar refractivity (Wildman–Crippen MR) is 137 cm³/mol. The molecule has 3 aromatic rings. The Bertz CT molecular complexity index is 1810. The van der Waals surface area contributed by atoms with Crippen LogP contribution in [0.1, 0.15) is 27.5 Å². The molecule has 0 unspecified atom stereocenters. The van der Waals surface area contributed by atoms with Crippen LogP contribution in [0.15, 0.2) is 58.2 Å². The fraction of sp³-hybridized carbons (Fsp3) is 0.192. The fourth-order valence-electron chi connectivity index (χ4n) is 4.45. The second-order valence-electron chi connectivity index (χ2n) is 9.06. The molecule has 0 radical (unpaired) electrons. The van der Waals surface area contributed by atoms with Crippen LogP contribution in [0.3, 0.4) is 0 Å². The largest absolute Gasteiger partial charge is 0.416 e. The first-order valence-corrected chi connectivity index (χ1v) is 12.1. The Labute approximate surface area is 224 Å². The molecule has 0 saturated carbocycles. The van der Waals surface area contributed by atoms with Crippen molar-refractivity contribution in [3.05, 3.63) is 77.1 Å². The Morgan fingerprint density at radius 1 is 1.10 bits per heavy atom. The molecule has 0 spiro atoms. The van der Waals surface area contributed by atoms with Crippen LogP contribution in [0.2, 0.25) is 0 Å². The maximum atomic E-state index is 13.1. The summed E-state index contributed by atoms with van der Waals surface area (Å²) in [4.78, 5) is 29.7. The SMILES string of the molecule is Cc1nnc(/N=c2/ncc3cc(-c4cc(NC(=O)c5cc(C(F)(F)F)ccn5)ccc4C)c4n(c-3n2)CCN4)o1. The molecular formula is C26H20F3N9O2. The summed E-state index contributed by atoms with van der Waals surface area (Å²) in [6.07, 6.45) is -1.97. The van der Waals surface area contributed by atoms with Crippen molar-refractivity contribution in [2.75, 3.05) is 17.2 Å². The minimum atomic E-state index is -4.58. The van der Waals surface area contributed by atoms with Crippen LogP contribution in [0.4, 0.5) is 30.7 Å². The smallest absolute Gasteiger partial charge is 0.407 e. The van der Waals surface area contributed by atoms with E-state index in [1.54, 1.807) is 25.3 Å². The lowest BCUT2D eigenvalue weighted by molar-refractivity contribution is -0.137. The summed E-state index contributed by atoms with van der Waals surface area (Å²) < 4.78 is 46.6. The number of nitrogens with one attached hydrogen (secondary N) is 2. The highest BCUT2D eigenvalue weighted by atomic mass is 19.4. The molecule has 2 aromatic heterocycles. The zero-order valence-corrected chi connectivity index (χ0v) is 21.1. The van der Waals surface area contributed by atoms with Crippen molar-refractivity contribution in [2.24, 2.45) is 4.99 Å². The summed E-state index contributed by atoms with van der Waals surface area (Å²) in [6.45, 7) is 4.90. The van der Waals surface area contributed by atoms with E-state index in [1.165, 1.54) is 0 Å². The number of aromatic nitrogens is 6. The Morgan fingerprint density at radius 3 is 2.73 bits per heavy atom. The van der Waals surface area contributed by atoms with Crippen LogP contribution >= 0.6 is 0 Å². The number of anilines is 2. The van der Waals surface area contributed by atoms with E-state index in [4.69, 9.17) is 4.42 Å². The maximum absolute atomic E-state index is 13.1. The summed E-state index contributed by atoms with van der Waals surface area (Å²) in [6, 6.07) is 8.81. The second-order valence-corrected chi connectivity index (χ2v) is 9.06. The lowest BCUT2D eigenvalue weighted by atomic mass is 9.98. The van der Waals surface area contributed by atoms with Crippen molar-refractivity contribution >= 4 is 23.4 Å². The molecule has 0 saturated heterocycles. The summed E-state index contributed by atoms with van der Waals surface area (Å²) in [5, 5.41) is 13.7. The van der Waals surface area contributed by atoms with E-state index in [1.807, 2.05) is 23.6 Å². The van der Waals surface area contributed by atoms with Gasteiger partial charge in [0.2, 0.25) is 5.89 Å². The number of alkyl halides is 3. The highest BCUT2D eigenvalue weighted by Crippen LogP contribution is 2.39. The van der Waals surface area contributed by atoms with Gasteiger partial charge in [-0.25, -0.2) is 4.98 Å². The summed E-state index contributed by atoms with van der Waals surface area (Å²) in [7, 11) is 0. The number of rotatable bonds is 4. The number of amides is 1. The molecule has 202 valence electrons. The predicted octanol–water partition coefficient (Wildman–Crippen LogP) is 4.37. The summed E-state index contributed by atoms with van der Waals surface area (Å²) in [5.41, 5.74) is 2.63. The van der Waals surface area contributed by atoms with Crippen LogP contribution in [-0.2, 0) is 12.7 Å². The Morgan fingerprint density at radius 2 is 1.95 bits per heavy atom. The number of carbonyl (C=O) groups is 1. The third-order valence-electron chi connectivity index (χ3n) is 6.31. The molecule has 11 nitrogen and oxygen atoms in total. The average Bonchev–Trinajstić information content (AvgIpc) is 3.58. The molecule has 0 bridgehead atoms. The second kappa shape index (κ2) is 9.55. The van der Waals surface area contributed by atoms with Crippen molar-refractivity contribution in [2.45, 2.75) is 26.6 Å². The van der Waals surface area contributed by atoms with Gasteiger partial charge in [0.05, 0.1) is 5.56 Å². The molecule has 0 fully saturated rings. The number of pyridine rings is 2. The molecular weight excluding hydrogens is 527 g/mol. The topological polar surface area (TPSA) is 136 Å². The molecule has 14 heteroatoms. The van der Waals surface area contributed by atoms with E-state index < -0.39 is 17.6 Å². The molecule has 0 aliphatic carbocycles. The number of benzene rings is 1. The lowest BCUT2D eigenvalue weighted by Gasteiger charge is -2.19. The Hall–Kier alpha value is -5.14. The molecule has 1 amide bonds. The Kier molecular flexibility index (Phi) is 6.01. The maximum Gasteiger partial charge on any atom is 0.416 e. The summed E-state index contributed by atoms with van der Waals surface area (Å²) >= 11 is 0. The zero-order valence-electron chi connectivity index (χ0n) is 21.1. The van der Waals surface area contributed by atoms with Gasteiger partial charge in [-0.3, -0.25) is 9.78 Å². The van der Waals surface area contributed by atoms with E-state index in [-0.39, 0.29) is 17.3 Å². The number of nitrogens with zero attached hydrogens (tertiary/aromatic N) is 7. The molecule has 5 heterocycles. The van der Waals surface area contributed by atoms with Crippen LogP contribution in [0, 0.1) is 13.8 Å². The third-order valence-corrected chi connectivity index (χ3v) is 6.31. The normalized spacial score (nSPS) is 13.4. The van der Waals surface area contributed by atoms with Gasteiger partial charge in [-0.2, -0.15) is 23.1 Å². The van der Waals surface area contributed by atoms with Gasteiger partial charge >= 0.3 is 12.2 Å². The number of carbonyl (C=O) groups excluding carboxylic acids is 1. The van der Waals surface area contributed by atoms with E-state index in [0.717, 1.165) is 46.4 Å². The van der Waals surface area contributed by atoms with Gasteiger partial charge in [-0.1, -0.05) is 11.2 Å². The molecule has 40 heavy (non-hydrogen) atoms. The number of fused-ring (bicyclic) bond motifs is 3. The van der Waals surface area contributed by atoms with E-state index >= 15 is 0 Å². The lowest BCUT2D eigenvalue weighted by Crippen LogP contribution is -2.17. The van der Waals surface area contributed by atoms with Crippen molar-refractivity contribution in [3.63, 3.8) is 0 Å². The molecule has 2 N–H and O–H groups in total. The number of hydrogen-bond donors (Lipinski definition) is 2. The van der Waals surface area contributed by atoms with Gasteiger partial charge in [0.1, 0.15) is 17.3 Å². The van der Waals surface area contributed by atoms with E-state index in [2.05, 4.69) is 40.8 Å². The molecule has 3 aliphatic rings. The van der Waals surface area contributed by atoms with E-state index in [0.29, 0.717) is 30.5 Å². The van der Waals surface area contributed by atoms with Crippen molar-refractivity contribution in [3.8, 4) is 22.5 Å². The van der Waals surface area contributed by atoms with Crippen molar-refractivity contribution in [1.29, 1.82) is 0 Å². The standard InChI is InChI=1S/C26H20F3N9O2/c1-13-3-4-17(33-23(39)20-10-16(5-6-30-20)26(27,28)29)11-18(13)19-9-15-12-32-24(35-25-37-36-14(2)40-25)34-21(15)38-8-7-31-22(19)38/h3-6,9-12,31H,7-8H2,1-2H3,(H,33,39)/b35-24-. The minimum absolute atomic E-state index is 0.0584. The van der Waals surface area contributed by atoms with Gasteiger partial charge < -0.3 is 19.6 Å². The van der Waals surface area contributed by atoms with Gasteiger partial charge in [0.15, 0.2) is 0 Å². The van der Waals surface area contributed by atoms with Gasteiger partial charge in [0.25, 0.3) is 11.5 Å². The highest BCUT2D eigenvalue weighted by Gasteiger charge is 2.31. The third kappa shape index (κ3) is 4.74. The molecule has 6 rings (SSSR count). The quantitative estimate of drug-likeness (QED) is 0.339. The highest BCUT2D eigenvalue weighted by molar-refractivity contribution is 6.03. The van der Waals surface area contributed by atoms with Gasteiger partial charge in [0, 0.05) is 49.2 Å². The van der Waals surface area contributed by atoms with Crippen LogP contribution in [0.5, 0.6) is 0 Å². The van der Waals surface area contributed by atoms with Crippen molar-refractivity contribution in [1.82, 2.24) is 29.7 Å². The van der Waals surface area contributed by atoms with Gasteiger partial charge in [-0.15, -0.1) is 5.10 Å². The Balaban J connectivity index is 1.37. The first kappa shape index (κ1) is 25.2. The van der Waals surface area contributed by atoms with Crippen LogP contribution in [0.25, 0.3) is 22.5 Å². The first-order valence-electron chi connectivity index (χ1n) is 12.1. The fourth-order valence-corrected chi connectivity index (χ4v) is 4.45. The monoisotopic (exact) mass is 547 g/mol. The molecule has 0 atom stereocenters. The first-order chi connectivity index (χ1) is 19.2. The van der Waals surface area contributed by atoms with E-state index in [9.17, 15) is 18.0 Å². The van der Waals surface area contributed by atoms with Gasteiger partial charge in [-0.05, 0) is 48.4 Å². The number of aryl methyl sites for hydroxylation is 2. The van der Waals surface area contributed by atoms with Crippen LogP contribution < -0.4 is 16.3 Å². The minimum Gasteiger partial charge on any atom is -0.407 e. The summed E-state index contributed by atoms with van der Waals surface area (Å²) in [5.74, 6) is 1.10. The van der Waals surface area contributed by atoms with Crippen molar-refractivity contribution < 1.29 is 22.4 Å². The number of halogens is 3. The zero-order chi connectivity index (χ0) is 28.0. The molecule has 1 aromatic carbocycles.